The molecule has 138 valence electrons. The average molecular weight is 364 g/mol. The molecule has 1 amide bonds. The number of carbonyl (C=O) groups is 1. The summed E-state index contributed by atoms with van der Waals surface area (Å²) in [6, 6.07) is 9.89. The molecule has 1 aromatic carbocycles. The minimum Gasteiger partial charge on any atom is -1.00 e. The van der Waals surface area contributed by atoms with Crippen LogP contribution in [0.25, 0.3) is 0 Å². The van der Waals surface area contributed by atoms with E-state index in [1.165, 1.54) is 38.5 Å². The Bertz CT molecular complexity index is 557. The lowest BCUT2D eigenvalue weighted by molar-refractivity contribution is -0.125. The first kappa shape index (κ1) is 18.5. The molecule has 4 aliphatic carbocycles. The maximum atomic E-state index is 12.8. The number of carbonyl (C=O) groups excluding carboxylic acids is 1. The van der Waals surface area contributed by atoms with Crippen LogP contribution in [0.4, 0.5) is 5.69 Å². The van der Waals surface area contributed by atoms with Gasteiger partial charge < -0.3 is 27.7 Å². The van der Waals surface area contributed by atoms with E-state index in [2.05, 4.69) is 5.32 Å². The number of aliphatic hydroxyl groups excluding tert-OH is 1. The third-order valence-corrected chi connectivity index (χ3v) is 6.27. The molecular weight excluding hydrogens is 336 g/mol. The number of aliphatic hydroxyl groups is 1. The van der Waals surface area contributed by atoms with Crippen LogP contribution in [0.15, 0.2) is 30.3 Å². The number of hydrogen-bond acceptors (Lipinski definition) is 3. The Morgan fingerprint density at radius 2 is 1.64 bits per heavy atom. The van der Waals surface area contributed by atoms with E-state index in [0.29, 0.717) is 13.1 Å². The second-order valence-electron chi connectivity index (χ2n) is 8.23. The Morgan fingerprint density at radius 3 is 2.16 bits per heavy atom. The van der Waals surface area contributed by atoms with Gasteiger partial charge in [-0.15, -0.1) is 0 Å². The first-order chi connectivity index (χ1) is 11.7. The first-order valence-corrected chi connectivity index (χ1v) is 9.38. The molecule has 4 fully saturated rings. The van der Waals surface area contributed by atoms with Crippen LogP contribution < -0.4 is 22.6 Å². The van der Waals surface area contributed by atoms with E-state index in [1.54, 1.807) is 0 Å². The quantitative estimate of drug-likeness (QED) is 0.721. The molecule has 0 spiro atoms. The summed E-state index contributed by atoms with van der Waals surface area (Å²) in [5, 5.41) is 12.8. The zero-order chi connectivity index (χ0) is 16.6. The highest BCUT2D eigenvalue weighted by Crippen LogP contribution is 2.55. The van der Waals surface area contributed by atoms with E-state index in [4.69, 9.17) is 0 Å². The molecule has 0 saturated heterocycles. The average Bonchev–Trinajstić information content (AvgIpc) is 2.53. The molecule has 2 N–H and O–H groups in total. The summed E-state index contributed by atoms with van der Waals surface area (Å²) >= 11 is 0. The number of nitrogens with zero attached hydrogens (tertiary/aromatic N) is 1. The molecule has 0 aromatic heterocycles. The molecule has 5 rings (SSSR count). The lowest BCUT2D eigenvalue weighted by Crippen LogP contribution is -3.00. The molecule has 4 aliphatic rings. The van der Waals surface area contributed by atoms with Crippen LogP contribution in [0.1, 0.15) is 38.5 Å². The number of anilines is 1. The standard InChI is InChI=1S/C20H28N2O2.ClH/c23-7-6-22(18-4-2-1-3-5-18)14-19(24)21-20-11-15-8-16(12-20)10-17(9-15)13-20;/h1-5,15-17,23H,6-14H2,(H,21,24);1H/p-1. The summed E-state index contributed by atoms with van der Waals surface area (Å²) < 4.78 is 0. The fraction of sp³-hybridized carbons (Fsp3) is 0.650. The first-order valence-electron chi connectivity index (χ1n) is 9.38. The summed E-state index contributed by atoms with van der Waals surface area (Å²) in [5.41, 5.74) is 1.06. The van der Waals surface area contributed by atoms with E-state index < -0.39 is 0 Å². The number of hydrogen-bond donors (Lipinski definition) is 2. The van der Waals surface area contributed by atoms with Crippen molar-refractivity contribution < 1.29 is 22.3 Å². The number of halogens is 1. The smallest absolute Gasteiger partial charge is 0.239 e. The van der Waals surface area contributed by atoms with Crippen LogP contribution in [0, 0.1) is 17.8 Å². The Labute approximate surface area is 156 Å². The Balaban J connectivity index is 0.00000182. The van der Waals surface area contributed by atoms with Crippen LogP contribution in [0.5, 0.6) is 0 Å². The maximum Gasteiger partial charge on any atom is 0.239 e. The van der Waals surface area contributed by atoms with Crippen molar-refractivity contribution in [3.8, 4) is 0 Å². The molecule has 0 unspecified atom stereocenters. The molecule has 0 radical (unpaired) electrons. The van der Waals surface area contributed by atoms with Crippen molar-refractivity contribution in [2.45, 2.75) is 44.1 Å². The van der Waals surface area contributed by atoms with Gasteiger partial charge in [-0.3, -0.25) is 4.79 Å². The van der Waals surface area contributed by atoms with E-state index in [-0.39, 0.29) is 30.5 Å². The Kier molecular flexibility index (Phi) is 5.59. The van der Waals surface area contributed by atoms with Crippen molar-refractivity contribution in [1.82, 2.24) is 5.32 Å². The van der Waals surface area contributed by atoms with Crippen molar-refractivity contribution in [2.24, 2.45) is 17.8 Å². The van der Waals surface area contributed by atoms with Crippen molar-refractivity contribution in [3.05, 3.63) is 30.3 Å². The molecular formula is C20H28ClN2O2-. The van der Waals surface area contributed by atoms with E-state index in [1.807, 2.05) is 35.2 Å². The van der Waals surface area contributed by atoms with Crippen LogP contribution >= 0.6 is 0 Å². The molecule has 0 atom stereocenters. The summed E-state index contributed by atoms with van der Waals surface area (Å²) in [7, 11) is 0. The van der Waals surface area contributed by atoms with Gasteiger partial charge in [-0.1, -0.05) is 18.2 Å². The van der Waals surface area contributed by atoms with E-state index >= 15 is 0 Å². The highest BCUT2D eigenvalue weighted by Gasteiger charge is 2.51. The van der Waals surface area contributed by atoms with Gasteiger partial charge in [-0.25, -0.2) is 0 Å². The van der Waals surface area contributed by atoms with Crippen molar-refractivity contribution >= 4 is 11.6 Å². The minimum atomic E-state index is 0. The molecule has 1 aromatic rings. The zero-order valence-corrected chi connectivity index (χ0v) is 15.4. The number of amides is 1. The summed E-state index contributed by atoms with van der Waals surface area (Å²) in [5.74, 6) is 2.60. The zero-order valence-electron chi connectivity index (χ0n) is 14.7. The monoisotopic (exact) mass is 363 g/mol. The van der Waals surface area contributed by atoms with Gasteiger partial charge in [0.1, 0.15) is 0 Å². The topological polar surface area (TPSA) is 52.6 Å². The molecule has 4 bridgehead atoms. The van der Waals surface area contributed by atoms with Crippen LogP contribution in [0.3, 0.4) is 0 Å². The molecule has 25 heavy (non-hydrogen) atoms. The minimum absolute atomic E-state index is 0. The molecule has 4 saturated carbocycles. The number of nitrogens with one attached hydrogen (secondary N) is 1. The second kappa shape index (κ2) is 7.55. The SMILES string of the molecule is O=C(CN(CCO)c1ccccc1)NC12CC3CC(CC(C3)C1)C2.[Cl-]. The third kappa shape index (κ3) is 3.95. The Hall–Kier alpha value is -1.26. The predicted molar refractivity (Wildman–Crippen MR) is 94.8 cm³/mol. The van der Waals surface area contributed by atoms with E-state index in [0.717, 1.165) is 23.4 Å². The highest BCUT2D eigenvalue weighted by atomic mass is 35.5. The van der Waals surface area contributed by atoms with Gasteiger partial charge in [0, 0.05) is 17.8 Å². The number of benzene rings is 1. The third-order valence-electron chi connectivity index (χ3n) is 6.27. The summed E-state index contributed by atoms with van der Waals surface area (Å²) in [4.78, 5) is 14.7. The lowest BCUT2D eigenvalue weighted by atomic mass is 9.53. The summed E-state index contributed by atoms with van der Waals surface area (Å²) in [6.07, 6.45) is 7.68. The second-order valence-corrected chi connectivity index (χ2v) is 8.23. The van der Waals surface area contributed by atoms with Crippen LogP contribution in [-0.4, -0.2) is 36.2 Å². The van der Waals surface area contributed by atoms with Gasteiger partial charge in [0.2, 0.25) is 5.91 Å². The van der Waals surface area contributed by atoms with Gasteiger partial charge in [-0.05, 0) is 68.4 Å². The molecule has 5 heteroatoms. The van der Waals surface area contributed by atoms with Crippen molar-refractivity contribution in [2.75, 3.05) is 24.6 Å². The maximum absolute atomic E-state index is 12.8. The van der Waals surface area contributed by atoms with Gasteiger partial charge in [-0.2, -0.15) is 0 Å². The van der Waals surface area contributed by atoms with E-state index in [9.17, 15) is 9.90 Å². The number of para-hydroxylation sites is 1. The normalized spacial score (nSPS) is 32.1. The molecule has 0 heterocycles. The van der Waals surface area contributed by atoms with Gasteiger partial charge in [0.25, 0.3) is 0 Å². The highest BCUT2D eigenvalue weighted by molar-refractivity contribution is 5.82. The van der Waals surface area contributed by atoms with Gasteiger partial charge in [0.05, 0.1) is 13.2 Å². The van der Waals surface area contributed by atoms with Crippen LogP contribution in [0.2, 0.25) is 0 Å². The molecule has 0 aliphatic heterocycles. The largest absolute Gasteiger partial charge is 1.00 e. The summed E-state index contributed by atoms with van der Waals surface area (Å²) in [6.45, 7) is 0.865. The van der Waals surface area contributed by atoms with Gasteiger partial charge in [0.15, 0.2) is 0 Å². The van der Waals surface area contributed by atoms with Crippen molar-refractivity contribution in [3.63, 3.8) is 0 Å². The molecule has 4 nitrogen and oxygen atoms in total. The number of rotatable bonds is 6. The van der Waals surface area contributed by atoms with Crippen LogP contribution in [-0.2, 0) is 4.79 Å². The fourth-order valence-electron chi connectivity index (χ4n) is 5.83. The fourth-order valence-corrected chi connectivity index (χ4v) is 5.83. The Morgan fingerprint density at radius 1 is 1.08 bits per heavy atom. The lowest BCUT2D eigenvalue weighted by Gasteiger charge is -2.57. The predicted octanol–water partition coefficient (Wildman–Crippen LogP) is -0.426. The van der Waals surface area contributed by atoms with Gasteiger partial charge >= 0.3 is 0 Å². The van der Waals surface area contributed by atoms with Crippen molar-refractivity contribution in [1.29, 1.82) is 0 Å².